The second-order valence-corrected chi connectivity index (χ2v) is 4.46. The van der Waals surface area contributed by atoms with E-state index in [1.807, 2.05) is 6.92 Å². The van der Waals surface area contributed by atoms with Crippen LogP contribution in [0.25, 0.3) is 0 Å². The first kappa shape index (κ1) is 15.4. The van der Waals surface area contributed by atoms with Crippen molar-refractivity contribution in [3.8, 4) is 0 Å². The SMILES string of the molecule is CC/C(NC(=S)Nc1ccc(F)c(C)c1)=C(/C)ON. The molecule has 0 saturated carbocycles. The first-order chi connectivity index (χ1) is 8.97. The lowest BCUT2D eigenvalue weighted by Gasteiger charge is -2.14. The van der Waals surface area contributed by atoms with E-state index in [1.165, 1.54) is 6.07 Å². The summed E-state index contributed by atoms with van der Waals surface area (Å²) in [5.74, 6) is 5.44. The van der Waals surface area contributed by atoms with Gasteiger partial charge in [-0.15, -0.1) is 0 Å². The highest BCUT2D eigenvalue weighted by Gasteiger charge is 2.05. The van der Waals surface area contributed by atoms with Crippen molar-refractivity contribution in [2.24, 2.45) is 5.90 Å². The molecule has 0 bridgehead atoms. The predicted molar refractivity (Wildman–Crippen MR) is 78.8 cm³/mol. The average Bonchev–Trinajstić information content (AvgIpc) is 2.39. The highest BCUT2D eigenvalue weighted by molar-refractivity contribution is 7.80. The molecule has 1 rings (SSSR count). The number of aryl methyl sites for hydroxylation is 1. The van der Waals surface area contributed by atoms with Crippen LogP contribution < -0.4 is 16.5 Å². The fourth-order valence-corrected chi connectivity index (χ4v) is 1.76. The number of nitrogens with one attached hydrogen (secondary N) is 2. The second-order valence-electron chi connectivity index (χ2n) is 4.05. The fourth-order valence-electron chi connectivity index (χ4n) is 1.52. The van der Waals surface area contributed by atoms with Gasteiger partial charge in [0.2, 0.25) is 0 Å². The van der Waals surface area contributed by atoms with E-state index >= 15 is 0 Å². The van der Waals surface area contributed by atoms with Crippen LogP contribution in [-0.4, -0.2) is 5.11 Å². The maximum atomic E-state index is 13.1. The average molecular weight is 283 g/mol. The number of thiocarbonyl (C=S) groups is 1. The maximum absolute atomic E-state index is 13.1. The zero-order valence-corrected chi connectivity index (χ0v) is 12.0. The molecular formula is C13H18FN3OS. The molecule has 1 aromatic carbocycles. The summed E-state index contributed by atoms with van der Waals surface area (Å²) in [5, 5.41) is 6.38. The summed E-state index contributed by atoms with van der Waals surface area (Å²) < 4.78 is 13.1. The molecule has 0 radical (unpaired) electrons. The summed E-state index contributed by atoms with van der Waals surface area (Å²) in [6, 6.07) is 4.70. The van der Waals surface area contributed by atoms with Crippen molar-refractivity contribution in [3.05, 3.63) is 41.0 Å². The number of halogens is 1. The summed E-state index contributed by atoms with van der Waals surface area (Å²) in [7, 11) is 0. The zero-order chi connectivity index (χ0) is 14.4. The summed E-state index contributed by atoms with van der Waals surface area (Å²) >= 11 is 5.18. The van der Waals surface area contributed by atoms with Gasteiger partial charge in [-0.1, -0.05) is 6.92 Å². The molecule has 0 amide bonds. The van der Waals surface area contributed by atoms with Crippen molar-refractivity contribution < 1.29 is 9.23 Å². The van der Waals surface area contributed by atoms with Gasteiger partial charge in [-0.3, -0.25) is 0 Å². The minimum atomic E-state index is -0.244. The quantitative estimate of drug-likeness (QED) is 0.450. The smallest absolute Gasteiger partial charge is 0.175 e. The van der Waals surface area contributed by atoms with E-state index in [2.05, 4.69) is 15.5 Å². The minimum Gasteiger partial charge on any atom is -0.414 e. The molecule has 0 spiro atoms. The Bertz CT molecular complexity index is 503. The number of anilines is 1. The molecule has 0 saturated heterocycles. The first-order valence-corrected chi connectivity index (χ1v) is 6.29. The van der Waals surface area contributed by atoms with Crippen molar-refractivity contribution >= 4 is 23.0 Å². The molecule has 0 aliphatic rings. The third-order valence-electron chi connectivity index (χ3n) is 2.64. The van der Waals surface area contributed by atoms with Crippen molar-refractivity contribution in [1.82, 2.24) is 5.32 Å². The highest BCUT2D eigenvalue weighted by atomic mass is 32.1. The van der Waals surface area contributed by atoms with Crippen molar-refractivity contribution in [2.75, 3.05) is 5.32 Å². The molecule has 0 unspecified atom stereocenters. The lowest BCUT2D eigenvalue weighted by atomic mass is 10.2. The van der Waals surface area contributed by atoms with E-state index in [1.54, 1.807) is 26.0 Å². The Hall–Kier alpha value is -1.66. The van der Waals surface area contributed by atoms with Gasteiger partial charge < -0.3 is 15.5 Å². The Morgan fingerprint density at radius 1 is 1.47 bits per heavy atom. The van der Waals surface area contributed by atoms with Crippen LogP contribution in [0, 0.1) is 12.7 Å². The molecular weight excluding hydrogens is 265 g/mol. The Morgan fingerprint density at radius 3 is 2.68 bits per heavy atom. The molecule has 0 aliphatic carbocycles. The molecule has 104 valence electrons. The Balaban J connectivity index is 2.72. The number of rotatable bonds is 4. The minimum absolute atomic E-state index is 0.244. The Kier molecular flexibility index (Phi) is 5.72. The topological polar surface area (TPSA) is 59.3 Å². The van der Waals surface area contributed by atoms with Gasteiger partial charge in [0, 0.05) is 5.69 Å². The van der Waals surface area contributed by atoms with E-state index in [4.69, 9.17) is 18.1 Å². The largest absolute Gasteiger partial charge is 0.414 e. The first-order valence-electron chi connectivity index (χ1n) is 5.88. The van der Waals surface area contributed by atoms with Gasteiger partial charge in [-0.25, -0.2) is 4.39 Å². The fraction of sp³-hybridized carbons (Fsp3) is 0.308. The standard InChI is InChI=1S/C13H18FN3OS/c1-4-12(9(3)18-15)17-13(19)16-10-5-6-11(14)8(2)7-10/h5-7H,4,15H2,1-3H3,(H2,16,17,19)/b12-9+. The molecule has 0 atom stereocenters. The van der Waals surface area contributed by atoms with Crippen LogP contribution in [-0.2, 0) is 4.84 Å². The number of nitrogens with two attached hydrogens (primary N) is 1. The molecule has 19 heavy (non-hydrogen) atoms. The summed E-state index contributed by atoms with van der Waals surface area (Å²) in [6.07, 6.45) is 0.702. The van der Waals surface area contributed by atoms with Gasteiger partial charge in [0.05, 0.1) is 5.70 Å². The van der Waals surface area contributed by atoms with Crippen LogP contribution in [0.3, 0.4) is 0 Å². The van der Waals surface area contributed by atoms with Crippen LogP contribution in [0.2, 0.25) is 0 Å². The van der Waals surface area contributed by atoms with E-state index in [0.29, 0.717) is 22.9 Å². The van der Waals surface area contributed by atoms with Crippen LogP contribution >= 0.6 is 12.2 Å². The molecule has 0 heterocycles. The lowest BCUT2D eigenvalue weighted by Crippen LogP contribution is -2.29. The summed E-state index contributed by atoms with van der Waals surface area (Å²) in [6.45, 7) is 5.40. The van der Waals surface area contributed by atoms with E-state index in [-0.39, 0.29) is 5.82 Å². The van der Waals surface area contributed by atoms with Crippen LogP contribution in [0.5, 0.6) is 0 Å². The predicted octanol–water partition coefficient (Wildman–Crippen LogP) is 2.95. The van der Waals surface area contributed by atoms with Crippen LogP contribution in [0.15, 0.2) is 29.7 Å². The molecule has 0 aliphatic heterocycles. The van der Waals surface area contributed by atoms with Crippen LogP contribution in [0.1, 0.15) is 25.8 Å². The molecule has 4 nitrogen and oxygen atoms in total. The Labute approximate surface area is 117 Å². The lowest BCUT2D eigenvalue weighted by molar-refractivity contribution is 0.216. The number of benzene rings is 1. The van der Waals surface area contributed by atoms with Crippen molar-refractivity contribution in [3.63, 3.8) is 0 Å². The zero-order valence-electron chi connectivity index (χ0n) is 11.2. The molecule has 0 fully saturated rings. The Morgan fingerprint density at radius 2 is 2.16 bits per heavy atom. The molecule has 4 N–H and O–H groups in total. The number of hydrogen-bond acceptors (Lipinski definition) is 3. The van der Waals surface area contributed by atoms with Gasteiger partial charge in [0.15, 0.2) is 5.11 Å². The van der Waals surface area contributed by atoms with Crippen LogP contribution in [0.4, 0.5) is 10.1 Å². The third kappa shape index (κ3) is 4.50. The molecule has 1 aromatic rings. The third-order valence-corrected chi connectivity index (χ3v) is 2.84. The molecule has 0 aromatic heterocycles. The van der Waals surface area contributed by atoms with Crippen molar-refractivity contribution in [1.29, 1.82) is 0 Å². The highest BCUT2D eigenvalue weighted by Crippen LogP contribution is 2.14. The van der Waals surface area contributed by atoms with E-state index in [0.717, 1.165) is 11.4 Å². The summed E-state index contributed by atoms with van der Waals surface area (Å²) in [5.41, 5.74) is 2.07. The monoisotopic (exact) mass is 283 g/mol. The van der Waals surface area contributed by atoms with Gasteiger partial charge in [-0.05, 0) is 56.2 Å². The number of allylic oxidation sites excluding steroid dienone is 2. The number of hydrogen-bond donors (Lipinski definition) is 3. The van der Waals surface area contributed by atoms with Crippen molar-refractivity contribution in [2.45, 2.75) is 27.2 Å². The van der Waals surface area contributed by atoms with Gasteiger partial charge in [0.1, 0.15) is 11.6 Å². The summed E-state index contributed by atoms with van der Waals surface area (Å²) in [4.78, 5) is 4.67. The second kappa shape index (κ2) is 7.06. The van der Waals surface area contributed by atoms with Gasteiger partial charge >= 0.3 is 0 Å². The van der Waals surface area contributed by atoms with E-state index < -0.39 is 0 Å². The normalized spacial score (nSPS) is 11.6. The van der Waals surface area contributed by atoms with Gasteiger partial charge in [-0.2, -0.15) is 5.90 Å². The molecule has 6 heteroatoms. The van der Waals surface area contributed by atoms with E-state index in [9.17, 15) is 4.39 Å². The maximum Gasteiger partial charge on any atom is 0.175 e. The van der Waals surface area contributed by atoms with Gasteiger partial charge in [0.25, 0.3) is 0 Å².